The third kappa shape index (κ3) is 1.67. The average molecular weight is 192 g/mol. The van der Waals surface area contributed by atoms with Crippen LogP contribution in [0.15, 0.2) is 29.0 Å². The zero-order valence-corrected chi connectivity index (χ0v) is 7.92. The Morgan fingerprint density at radius 1 is 1.64 bits per heavy atom. The van der Waals surface area contributed by atoms with Crippen LogP contribution in [0.4, 0.5) is 0 Å². The molecule has 0 aromatic carbocycles. The van der Waals surface area contributed by atoms with E-state index in [4.69, 9.17) is 10.2 Å². The number of hydrogen-bond acceptors (Lipinski definition) is 4. The highest BCUT2D eigenvalue weighted by atomic mass is 16.3. The van der Waals surface area contributed by atoms with E-state index in [9.17, 15) is 0 Å². The molecule has 2 heterocycles. The number of rotatable bonds is 3. The first-order valence-electron chi connectivity index (χ1n) is 4.43. The van der Waals surface area contributed by atoms with Gasteiger partial charge >= 0.3 is 0 Å². The van der Waals surface area contributed by atoms with E-state index in [-0.39, 0.29) is 6.04 Å². The summed E-state index contributed by atoms with van der Waals surface area (Å²) in [6.07, 6.45) is 3.31. The van der Waals surface area contributed by atoms with Gasteiger partial charge in [-0.05, 0) is 19.1 Å². The van der Waals surface area contributed by atoms with Crippen LogP contribution in [0.1, 0.15) is 24.4 Å². The smallest absolute Gasteiger partial charge is 0.125 e. The van der Waals surface area contributed by atoms with Gasteiger partial charge in [0.15, 0.2) is 0 Å². The monoisotopic (exact) mass is 192 g/mol. The Kier molecular flexibility index (Phi) is 2.32. The van der Waals surface area contributed by atoms with Crippen LogP contribution < -0.4 is 5.73 Å². The van der Waals surface area contributed by atoms with Crippen molar-refractivity contribution < 1.29 is 4.42 Å². The maximum atomic E-state index is 5.76. The molecule has 5 heteroatoms. The highest BCUT2D eigenvalue weighted by Crippen LogP contribution is 2.09. The highest BCUT2D eigenvalue weighted by molar-refractivity contribution is 5.04. The maximum absolute atomic E-state index is 5.76. The van der Waals surface area contributed by atoms with Gasteiger partial charge in [0.05, 0.1) is 18.2 Å². The molecule has 5 nitrogen and oxygen atoms in total. The fourth-order valence-electron chi connectivity index (χ4n) is 1.29. The molecule has 14 heavy (non-hydrogen) atoms. The SMILES string of the molecule is C[C@H](N)c1cnnn1Cc1ccco1. The van der Waals surface area contributed by atoms with Crippen LogP contribution in [0, 0.1) is 0 Å². The predicted octanol–water partition coefficient (Wildman–Crippen LogP) is 0.939. The Balaban J connectivity index is 2.21. The van der Waals surface area contributed by atoms with Crippen molar-refractivity contribution in [3.63, 3.8) is 0 Å². The van der Waals surface area contributed by atoms with E-state index >= 15 is 0 Å². The topological polar surface area (TPSA) is 69.9 Å². The minimum absolute atomic E-state index is 0.0695. The Labute approximate surface area is 81.5 Å². The van der Waals surface area contributed by atoms with Crippen molar-refractivity contribution in [2.45, 2.75) is 19.5 Å². The molecule has 0 saturated heterocycles. The van der Waals surface area contributed by atoms with E-state index in [0.29, 0.717) is 6.54 Å². The van der Waals surface area contributed by atoms with Crippen molar-refractivity contribution in [1.82, 2.24) is 15.0 Å². The zero-order valence-electron chi connectivity index (χ0n) is 7.92. The lowest BCUT2D eigenvalue weighted by molar-refractivity contribution is 0.464. The summed E-state index contributed by atoms with van der Waals surface area (Å²) in [4.78, 5) is 0. The van der Waals surface area contributed by atoms with E-state index in [1.807, 2.05) is 19.1 Å². The Morgan fingerprint density at radius 2 is 2.50 bits per heavy atom. The summed E-state index contributed by atoms with van der Waals surface area (Å²) >= 11 is 0. The summed E-state index contributed by atoms with van der Waals surface area (Å²) in [5.41, 5.74) is 6.66. The first-order chi connectivity index (χ1) is 6.77. The molecule has 0 saturated carbocycles. The molecule has 0 aliphatic rings. The normalized spacial score (nSPS) is 13.0. The van der Waals surface area contributed by atoms with Gasteiger partial charge < -0.3 is 10.2 Å². The summed E-state index contributed by atoms with van der Waals surface area (Å²) in [5.74, 6) is 0.845. The van der Waals surface area contributed by atoms with Gasteiger partial charge in [-0.2, -0.15) is 0 Å². The molecule has 0 amide bonds. The molecule has 0 radical (unpaired) electrons. The van der Waals surface area contributed by atoms with E-state index in [1.165, 1.54) is 0 Å². The van der Waals surface area contributed by atoms with Crippen molar-refractivity contribution in [3.8, 4) is 0 Å². The van der Waals surface area contributed by atoms with Crippen molar-refractivity contribution >= 4 is 0 Å². The van der Waals surface area contributed by atoms with Gasteiger partial charge in [-0.25, -0.2) is 4.68 Å². The van der Waals surface area contributed by atoms with Gasteiger partial charge in [-0.15, -0.1) is 5.10 Å². The second-order valence-corrected chi connectivity index (χ2v) is 3.18. The molecule has 1 atom stereocenters. The number of furan rings is 1. The predicted molar refractivity (Wildman–Crippen MR) is 50.4 cm³/mol. The Bertz CT molecular complexity index is 391. The number of aromatic nitrogens is 3. The van der Waals surface area contributed by atoms with Gasteiger partial charge in [0, 0.05) is 6.04 Å². The minimum atomic E-state index is -0.0695. The first-order valence-corrected chi connectivity index (χ1v) is 4.43. The summed E-state index contributed by atoms with van der Waals surface area (Å²) < 4.78 is 6.95. The molecule has 0 fully saturated rings. The molecule has 74 valence electrons. The summed E-state index contributed by atoms with van der Waals surface area (Å²) in [6.45, 7) is 2.47. The standard InChI is InChI=1S/C9H12N4O/c1-7(10)9-5-11-12-13(9)6-8-3-2-4-14-8/h2-5,7H,6,10H2,1H3/t7-/m0/s1. The number of nitrogens with zero attached hydrogens (tertiary/aromatic N) is 3. The Hall–Kier alpha value is -1.62. The molecule has 2 N–H and O–H groups in total. The molecule has 2 rings (SSSR count). The fourth-order valence-corrected chi connectivity index (χ4v) is 1.29. The lowest BCUT2D eigenvalue weighted by Gasteiger charge is -2.06. The first kappa shape index (κ1) is 8.96. The van der Waals surface area contributed by atoms with E-state index in [0.717, 1.165) is 11.5 Å². The van der Waals surface area contributed by atoms with E-state index < -0.39 is 0 Å². The number of hydrogen-bond donors (Lipinski definition) is 1. The molecule has 0 bridgehead atoms. The van der Waals surface area contributed by atoms with Crippen molar-refractivity contribution in [2.75, 3.05) is 0 Å². The van der Waals surface area contributed by atoms with Crippen molar-refractivity contribution in [2.24, 2.45) is 5.73 Å². The van der Waals surface area contributed by atoms with Crippen molar-refractivity contribution in [1.29, 1.82) is 0 Å². The maximum Gasteiger partial charge on any atom is 0.125 e. The fraction of sp³-hybridized carbons (Fsp3) is 0.333. The third-order valence-electron chi connectivity index (χ3n) is 2.00. The second kappa shape index (κ2) is 3.63. The lowest BCUT2D eigenvalue weighted by atomic mass is 10.3. The third-order valence-corrected chi connectivity index (χ3v) is 2.00. The molecule has 0 unspecified atom stereocenters. The second-order valence-electron chi connectivity index (χ2n) is 3.18. The van der Waals surface area contributed by atoms with Crippen LogP contribution in [0.25, 0.3) is 0 Å². The van der Waals surface area contributed by atoms with Gasteiger partial charge in [0.2, 0.25) is 0 Å². The highest BCUT2D eigenvalue weighted by Gasteiger charge is 2.09. The molecular formula is C9H12N4O. The Morgan fingerprint density at radius 3 is 3.14 bits per heavy atom. The quantitative estimate of drug-likeness (QED) is 0.785. The largest absolute Gasteiger partial charge is 0.467 e. The molecule has 2 aromatic heterocycles. The summed E-state index contributed by atoms with van der Waals surface area (Å²) in [5, 5.41) is 7.75. The van der Waals surface area contributed by atoms with Crippen molar-refractivity contribution in [3.05, 3.63) is 36.0 Å². The van der Waals surface area contributed by atoms with Crippen LogP contribution in [0.3, 0.4) is 0 Å². The van der Waals surface area contributed by atoms with E-state index in [2.05, 4.69) is 10.3 Å². The molecule has 0 aliphatic carbocycles. The van der Waals surface area contributed by atoms with Crippen LogP contribution in [-0.4, -0.2) is 15.0 Å². The van der Waals surface area contributed by atoms with E-state index in [1.54, 1.807) is 17.1 Å². The molecule has 2 aromatic rings. The average Bonchev–Trinajstić information content (AvgIpc) is 2.75. The van der Waals surface area contributed by atoms with Crippen LogP contribution in [0.5, 0.6) is 0 Å². The zero-order chi connectivity index (χ0) is 9.97. The van der Waals surface area contributed by atoms with Gasteiger partial charge in [0.25, 0.3) is 0 Å². The van der Waals surface area contributed by atoms with Crippen LogP contribution in [0.2, 0.25) is 0 Å². The molecule has 0 aliphatic heterocycles. The van der Waals surface area contributed by atoms with Crippen LogP contribution >= 0.6 is 0 Å². The summed E-state index contributed by atoms with van der Waals surface area (Å²) in [7, 11) is 0. The van der Waals surface area contributed by atoms with Crippen LogP contribution in [-0.2, 0) is 6.54 Å². The van der Waals surface area contributed by atoms with Gasteiger partial charge in [-0.1, -0.05) is 5.21 Å². The van der Waals surface area contributed by atoms with Gasteiger partial charge in [0.1, 0.15) is 12.3 Å². The molecular weight excluding hydrogens is 180 g/mol. The van der Waals surface area contributed by atoms with Gasteiger partial charge in [-0.3, -0.25) is 0 Å². The minimum Gasteiger partial charge on any atom is -0.467 e. The number of nitrogens with two attached hydrogens (primary N) is 1. The molecule has 0 spiro atoms. The lowest BCUT2D eigenvalue weighted by Crippen LogP contribution is -2.13. The summed E-state index contributed by atoms with van der Waals surface area (Å²) in [6, 6.07) is 3.67.